The Balaban J connectivity index is 2.10. The third-order valence-electron chi connectivity index (χ3n) is 3.12. The van der Waals surface area contributed by atoms with E-state index in [-0.39, 0.29) is 5.78 Å². The molecule has 1 atom stereocenters. The van der Waals surface area contributed by atoms with Gasteiger partial charge < -0.3 is 4.74 Å². The summed E-state index contributed by atoms with van der Waals surface area (Å²) >= 11 is 6.03. The molecule has 16 heavy (non-hydrogen) atoms. The van der Waals surface area contributed by atoms with Gasteiger partial charge in [0.1, 0.15) is 5.60 Å². The van der Waals surface area contributed by atoms with Crippen molar-refractivity contribution < 1.29 is 9.53 Å². The van der Waals surface area contributed by atoms with Gasteiger partial charge in [-0.3, -0.25) is 4.79 Å². The van der Waals surface area contributed by atoms with Gasteiger partial charge in [-0.1, -0.05) is 29.8 Å². The molecule has 0 amide bonds. The molecule has 1 aromatic carbocycles. The molecule has 0 bridgehead atoms. The second-order valence-electron chi connectivity index (χ2n) is 4.37. The van der Waals surface area contributed by atoms with Gasteiger partial charge in [0.05, 0.1) is 0 Å². The zero-order valence-corrected chi connectivity index (χ0v) is 10.1. The van der Waals surface area contributed by atoms with Crippen LogP contribution in [0, 0.1) is 0 Å². The molecule has 1 unspecified atom stereocenters. The van der Waals surface area contributed by atoms with Gasteiger partial charge in [0.25, 0.3) is 0 Å². The number of carbonyl (C=O) groups is 1. The summed E-state index contributed by atoms with van der Waals surface area (Å²) in [6, 6.07) is 7.46. The molecule has 1 aliphatic heterocycles. The van der Waals surface area contributed by atoms with E-state index in [1.165, 1.54) is 0 Å². The zero-order chi connectivity index (χ0) is 11.6. The van der Waals surface area contributed by atoms with Crippen molar-refractivity contribution in [2.75, 3.05) is 6.61 Å². The molecule has 1 aliphatic rings. The summed E-state index contributed by atoms with van der Waals surface area (Å²) < 4.78 is 5.52. The van der Waals surface area contributed by atoms with Crippen molar-refractivity contribution >= 4 is 17.4 Å². The van der Waals surface area contributed by atoms with Crippen LogP contribution in [0.15, 0.2) is 24.3 Å². The molecular weight excluding hydrogens is 224 g/mol. The first-order valence-corrected chi connectivity index (χ1v) is 5.90. The Hall–Kier alpha value is -0.860. The van der Waals surface area contributed by atoms with Crippen molar-refractivity contribution in [3.05, 3.63) is 34.9 Å². The van der Waals surface area contributed by atoms with E-state index in [9.17, 15) is 4.79 Å². The van der Waals surface area contributed by atoms with Crippen molar-refractivity contribution in [1.82, 2.24) is 0 Å². The number of halogens is 1. The largest absolute Gasteiger partial charge is 0.367 e. The lowest BCUT2D eigenvalue weighted by molar-refractivity contribution is -0.136. The number of hydrogen-bond acceptors (Lipinski definition) is 2. The van der Waals surface area contributed by atoms with Gasteiger partial charge in [0.2, 0.25) is 0 Å². The summed E-state index contributed by atoms with van der Waals surface area (Å²) in [6.45, 7) is 2.56. The number of Topliss-reactive ketones (excluding diaryl/α,β-unsaturated/α-hetero) is 1. The lowest BCUT2D eigenvalue weighted by Gasteiger charge is -2.21. The van der Waals surface area contributed by atoms with Crippen LogP contribution in [-0.2, 0) is 16.0 Å². The van der Waals surface area contributed by atoms with Crippen molar-refractivity contribution in [1.29, 1.82) is 0 Å². The van der Waals surface area contributed by atoms with Crippen molar-refractivity contribution in [2.24, 2.45) is 0 Å². The summed E-state index contributed by atoms with van der Waals surface area (Å²) in [6.07, 6.45) is 2.14. The average molecular weight is 239 g/mol. The van der Waals surface area contributed by atoms with E-state index in [4.69, 9.17) is 16.3 Å². The molecular formula is C13H15ClO2. The van der Waals surface area contributed by atoms with Crippen LogP contribution in [-0.4, -0.2) is 18.0 Å². The van der Waals surface area contributed by atoms with E-state index >= 15 is 0 Å². The summed E-state index contributed by atoms with van der Waals surface area (Å²) in [4.78, 5) is 12.1. The van der Waals surface area contributed by atoms with Crippen molar-refractivity contribution in [2.45, 2.75) is 31.8 Å². The first-order valence-electron chi connectivity index (χ1n) is 5.52. The number of benzene rings is 1. The van der Waals surface area contributed by atoms with Gasteiger partial charge in [0.15, 0.2) is 5.78 Å². The minimum atomic E-state index is -0.598. The number of ether oxygens (including phenoxy) is 1. The van der Waals surface area contributed by atoms with Crippen LogP contribution in [0.2, 0.25) is 5.02 Å². The Bertz CT molecular complexity index is 395. The van der Waals surface area contributed by atoms with Gasteiger partial charge >= 0.3 is 0 Å². The Labute approximate surface area is 101 Å². The van der Waals surface area contributed by atoms with E-state index < -0.39 is 5.60 Å². The van der Waals surface area contributed by atoms with Crippen molar-refractivity contribution in [3.8, 4) is 0 Å². The fourth-order valence-electron chi connectivity index (χ4n) is 2.00. The van der Waals surface area contributed by atoms with E-state index in [1.54, 1.807) is 0 Å². The summed E-state index contributed by atoms with van der Waals surface area (Å²) in [5, 5.41) is 0.650. The quantitative estimate of drug-likeness (QED) is 0.809. The highest BCUT2D eigenvalue weighted by Crippen LogP contribution is 2.28. The van der Waals surface area contributed by atoms with Crippen molar-refractivity contribution in [3.63, 3.8) is 0 Å². The second kappa shape index (κ2) is 4.56. The molecule has 0 saturated carbocycles. The van der Waals surface area contributed by atoms with Crippen LogP contribution in [0.1, 0.15) is 25.3 Å². The molecule has 3 heteroatoms. The SMILES string of the molecule is CC1(C(=O)Cc2ccccc2Cl)CCCO1. The number of hydrogen-bond donors (Lipinski definition) is 0. The van der Waals surface area contributed by atoms with Crippen LogP contribution < -0.4 is 0 Å². The van der Waals surface area contributed by atoms with Gasteiger partial charge in [-0.05, 0) is 31.4 Å². The summed E-state index contributed by atoms with van der Waals surface area (Å²) in [5.41, 5.74) is 0.282. The zero-order valence-electron chi connectivity index (χ0n) is 9.33. The highest BCUT2D eigenvalue weighted by atomic mass is 35.5. The van der Waals surface area contributed by atoms with Crippen LogP contribution in [0.4, 0.5) is 0 Å². The Kier molecular flexibility index (Phi) is 3.31. The molecule has 0 N–H and O–H groups in total. The first kappa shape index (κ1) is 11.6. The first-order chi connectivity index (χ1) is 7.62. The Morgan fingerprint density at radius 1 is 1.50 bits per heavy atom. The minimum absolute atomic E-state index is 0.123. The maximum Gasteiger partial charge on any atom is 0.168 e. The van der Waals surface area contributed by atoms with E-state index in [2.05, 4.69) is 0 Å². The van der Waals surface area contributed by atoms with Crippen LogP contribution in [0.25, 0.3) is 0 Å². The molecule has 0 aliphatic carbocycles. The lowest BCUT2D eigenvalue weighted by atomic mass is 9.92. The van der Waals surface area contributed by atoms with Gasteiger partial charge in [-0.15, -0.1) is 0 Å². The maximum atomic E-state index is 12.1. The molecule has 2 nitrogen and oxygen atoms in total. The fourth-order valence-corrected chi connectivity index (χ4v) is 2.20. The van der Waals surface area contributed by atoms with Crippen LogP contribution in [0.5, 0.6) is 0 Å². The minimum Gasteiger partial charge on any atom is -0.367 e. The fraction of sp³-hybridized carbons (Fsp3) is 0.462. The van der Waals surface area contributed by atoms with E-state index in [0.29, 0.717) is 18.1 Å². The molecule has 86 valence electrons. The summed E-state index contributed by atoms with van der Waals surface area (Å²) in [7, 11) is 0. The van der Waals surface area contributed by atoms with Crippen LogP contribution in [0.3, 0.4) is 0 Å². The monoisotopic (exact) mass is 238 g/mol. The predicted molar refractivity (Wildman–Crippen MR) is 63.8 cm³/mol. The maximum absolute atomic E-state index is 12.1. The van der Waals surface area contributed by atoms with Gasteiger partial charge in [0, 0.05) is 18.1 Å². The molecule has 1 heterocycles. The van der Waals surface area contributed by atoms with Crippen LogP contribution >= 0.6 is 11.6 Å². The van der Waals surface area contributed by atoms with E-state index in [1.807, 2.05) is 31.2 Å². The third kappa shape index (κ3) is 2.28. The Morgan fingerprint density at radius 2 is 2.25 bits per heavy atom. The molecule has 1 aromatic rings. The highest BCUT2D eigenvalue weighted by molar-refractivity contribution is 6.31. The second-order valence-corrected chi connectivity index (χ2v) is 4.78. The molecule has 0 spiro atoms. The number of carbonyl (C=O) groups excluding carboxylic acids is 1. The smallest absolute Gasteiger partial charge is 0.168 e. The summed E-state index contributed by atoms with van der Waals surface area (Å²) in [5.74, 6) is 0.123. The van der Waals surface area contributed by atoms with E-state index in [0.717, 1.165) is 18.4 Å². The molecule has 0 aromatic heterocycles. The molecule has 0 radical (unpaired) electrons. The molecule has 2 rings (SSSR count). The topological polar surface area (TPSA) is 26.3 Å². The van der Waals surface area contributed by atoms with Gasteiger partial charge in [-0.2, -0.15) is 0 Å². The standard InChI is InChI=1S/C13H15ClO2/c1-13(7-4-8-16-13)12(15)9-10-5-2-3-6-11(10)14/h2-3,5-6H,4,7-9H2,1H3. The number of ketones is 1. The number of rotatable bonds is 3. The predicted octanol–water partition coefficient (Wildman–Crippen LogP) is 3.02. The lowest BCUT2D eigenvalue weighted by Crippen LogP contribution is -2.35. The molecule has 1 saturated heterocycles. The third-order valence-corrected chi connectivity index (χ3v) is 3.49. The molecule has 1 fully saturated rings. The normalized spacial score (nSPS) is 24.6. The Morgan fingerprint density at radius 3 is 2.88 bits per heavy atom. The highest BCUT2D eigenvalue weighted by Gasteiger charge is 2.37. The van der Waals surface area contributed by atoms with Gasteiger partial charge in [-0.25, -0.2) is 0 Å². The average Bonchev–Trinajstić information content (AvgIpc) is 2.70.